The second-order valence-electron chi connectivity index (χ2n) is 7.21. The summed E-state index contributed by atoms with van der Waals surface area (Å²) in [7, 11) is 10.8. The van der Waals surface area contributed by atoms with Gasteiger partial charge in [0, 0.05) is 33.0 Å². The van der Waals surface area contributed by atoms with Crippen molar-refractivity contribution in [1.29, 1.82) is 0 Å². The Bertz CT molecular complexity index is 304. The SMILES string of the molecule is C/C(=C\N(C)C(CCCC1CCCCC1)N(C)C)N(C)C. The highest BCUT2D eigenvalue weighted by Gasteiger charge is 2.17. The summed E-state index contributed by atoms with van der Waals surface area (Å²) in [5.41, 5.74) is 1.30. The maximum Gasteiger partial charge on any atom is 0.0807 e. The summed E-state index contributed by atoms with van der Waals surface area (Å²) >= 11 is 0. The van der Waals surface area contributed by atoms with Gasteiger partial charge in [0.1, 0.15) is 0 Å². The standard InChI is InChI=1S/C18H37N3/c1-16(19(2)3)15-21(6)18(20(4)5)14-10-13-17-11-8-7-9-12-17/h15,17-18H,7-14H2,1-6H3/b16-15+. The van der Waals surface area contributed by atoms with E-state index < -0.39 is 0 Å². The van der Waals surface area contributed by atoms with Crippen molar-refractivity contribution >= 4 is 0 Å². The minimum Gasteiger partial charge on any atom is -0.380 e. The Kier molecular flexibility index (Phi) is 8.16. The van der Waals surface area contributed by atoms with Crippen LogP contribution in [0.4, 0.5) is 0 Å². The monoisotopic (exact) mass is 295 g/mol. The van der Waals surface area contributed by atoms with E-state index in [4.69, 9.17) is 0 Å². The van der Waals surface area contributed by atoms with Crippen molar-refractivity contribution < 1.29 is 0 Å². The lowest BCUT2D eigenvalue weighted by Gasteiger charge is -2.34. The predicted molar refractivity (Wildman–Crippen MR) is 93.1 cm³/mol. The van der Waals surface area contributed by atoms with Gasteiger partial charge in [0.15, 0.2) is 0 Å². The minimum atomic E-state index is 0.503. The Morgan fingerprint density at radius 1 is 1.05 bits per heavy atom. The summed E-state index contributed by atoms with van der Waals surface area (Å²) < 4.78 is 0. The lowest BCUT2D eigenvalue weighted by molar-refractivity contribution is 0.129. The average molecular weight is 296 g/mol. The van der Waals surface area contributed by atoms with Crippen molar-refractivity contribution in [3.8, 4) is 0 Å². The van der Waals surface area contributed by atoms with E-state index in [1.54, 1.807) is 0 Å². The maximum absolute atomic E-state index is 2.37. The molecule has 0 aliphatic heterocycles. The Morgan fingerprint density at radius 3 is 2.19 bits per heavy atom. The number of hydrogen-bond donors (Lipinski definition) is 0. The van der Waals surface area contributed by atoms with E-state index in [0.29, 0.717) is 6.17 Å². The van der Waals surface area contributed by atoms with Crippen LogP contribution in [-0.2, 0) is 0 Å². The quantitative estimate of drug-likeness (QED) is 0.627. The van der Waals surface area contributed by atoms with Crippen LogP contribution < -0.4 is 0 Å². The zero-order chi connectivity index (χ0) is 15.8. The van der Waals surface area contributed by atoms with Gasteiger partial charge >= 0.3 is 0 Å². The molecule has 0 aromatic heterocycles. The van der Waals surface area contributed by atoms with E-state index >= 15 is 0 Å². The van der Waals surface area contributed by atoms with E-state index in [0.717, 1.165) is 5.92 Å². The van der Waals surface area contributed by atoms with Crippen LogP contribution in [0.25, 0.3) is 0 Å². The molecule has 1 aliphatic rings. The van der Waals surface area contributed by atoms with Crippen LogP contribution in [0.5, 0.6) is 0 Å². The third-order valence-corrected chi connectivity index (χ3v) is 4.96. The first-order valence-electron chi connectivity index (χ1n) is 8.66. The number of hydrogen-bond acceptors (Lipinski definition) is 3. The fraction of sp³-hybridized carbons (Fsp3) is 0.889. The first-order chi connectivity index (χ1) is 9.91. The van der Waals surface area contributed by atoms with Gasteiger partial charge < -0.3 is 9.80 Å². The van der Waals surface area contributed by atoms with Crippen molar-refractivity contribution in [3.05, 3.63) is 11.9 Å². The topological polar surface area (TPSA) is 9.72 Å². The van der Waals surface area contributed by atoms with Crippen molar-refractivity contribution in [3.63, 3.8) is 0 Å². The van der Waals surface area contributed by atoms with Gasteiger partial charge in [-0.25, -0.2) is 0 Å². The molecule has 0 aromatic rings. The molecule has 0 spiro atoms. The Labute approximate surface area is 133 Å². The molecule has 0 saturated heterocycles. The van der Waals surface area contributed by atoms with Gasteiger partial charge in [-0.15, -0.1) is 0 Å². The average Bonchev–Trinajstić information content (AvgIpc) is 2.43. The molecule has 3 heteroatoms. The smallest absolute Gasteiger partial charge is 0.0807 e. The molecule has 21 heavy (non-hydrogen) atoms. The molecule has 0 heterocycles. The summed E-state index contributed by atoms with van der Waals surface area (Å²) in [5.74, 6) is 1.01. The largest absolute Gasteiger partial charge is 0.380 e. The summed E-state index contributed by atoms with van der Waals surface area (Å²) in [6, 6.07) is 0. The molecule has 124 valence electrons. The number of nitrogens with zero attached hydrogens (tertiary/aromatic N) is 3. The van der Waals surface area contributed by atoms with Crippen molar-refractivity contribution in [1.82, 2.24) is 14.7 Å². The van der Waals surface area contributed by atoms with Gasteiger partial charge in [0.05, 0.1) is 6.17 Å². The minimum absolute atomic E-state index is 0.503. The van der Waals surface area contributed by atoms with Crippen LogP contribution in [0.3, 0.4) is 0 Å². The number of rotatable bonds is 8. The van der Waals surface area contributed by atoms with Crippen LogP contribution in [0.1, 0.15) is 58.3 Å². The molecule has 1 atom stereocenters. The zero-order valence-electron chi connectivity index (χ0n) is 15.2. The van der Waals surface area contributed by atoms with Gasteiger partial charge in [-0.2, -0.15) is 0 Å². The van der Waals surface area contributed by atoms with E-state index in [-0.39, 0.29) is 0 Å². The summed E-state index contributed by atoms with van der Waals surface area (Å²) in [5, 5.41) is 0. The van der Waals surface area contributed by atoms with Crippen LogP contribution in [-0.4, -0.2) is 56.1 Å². The molecular weight excluding hydrogens is 258 g/mol. The highest BCUT2D eigenvalue weighted by atomic mass is 15.3. The van der Waals surface area contributed by atoms with Gasteiger partial charge in [-0.05, 0) is 39.8 Å². The second-order valence-corrected chi connectivity index (χ2v) is 7.21. The molecule has 1 fully saturated rings. The van der Waals surface area contributed by atoms with Crippen molar-refractivity contribution in [2.24, 2.45) is 5.92 Å². The van der Waals surface area contributed by atoms with Gasteiger partial charge in [-0.1, -0.05) is 38.5 Å². The fourth-order valence-electron chi connectivity index (χ4n) is 3.39. The molecule has 0 amide bonds. The van der Waals surface area contributed by atoms with Crippen LogP contribution in [0.2, 0.25) is 0 Å². The lowest BCUT2D eigenvalue weighted by atomic mass is 9.85. The predicted octanol–water partition coefficient (Wildman–Crippen LogP) is 3.98. The first-order valence-corrected chi connectivity index (χ1v) is 8.66. The highest BCUT2D eigenvalue weighted by molar-refractivity contribution is 4.95. The first kappa shape index (κ1) is 18.3. The second kappa shape index (κ2) is 9.34. The maximum atomic E-state index is 2.37. The molecule has 0 radical (unpaired) electrons. The zero-order valence-corrected chi connectivity index (χ0v) is 15.2. The van der Waals surface area contributed by atoms with E-state index in [1.165, 1.54) is 57.1 Å². The normalized spacial score (nSPS) is 18.9. The molecular formula is C18H37N3. The van der Waals surface area contributed by atoms with Crippen LogP contribution in [0.15, 0.2) is 11.9 Å². The van der Waals surface area contributed by atoms with Gasteiger partial charge in [-0.3, -0.25) is 4.90 Å². The van der Waals surface area contributed by atoms with E-state index in [2.05, 4.69) is 63.1 Å². The van der Waals surface area contributed by atoms with Crippen LogP contribution in [0, 0.1) is 5.92 Å². The third kappa shape index (κ3) is 6.73. The Balaban J connectivity index is 2.43. The van der Waals surface area contributed by atoms with E-state index in [9.17, 15) is 0 Å². The lowest BCUT2D eigenvalue weighted by Crippen LogP contribution is -2.40. The van der Waals surface area contributed by atoms with Crippen LogP contribution >= 0.6 is 0 Å². The molecule has 1 unspecified atom stereocenters. The van der Waals surface area contributed by atoms with E-state index in [1.807, 2.05) is 0 Å². The Hall–Kier alpha value is -0.700. The van der Waals surface area contributed by atoms with Crippen molar-refractivity contribution in [2.45, 2.75) is 64.5 Å². The van der Waals surface area contributed by atoms with Crippen molar-refractivity contribution in [2.75, 3.05) is 35.2 Å². The third-order valence-electron chi connectivity index (χ3n) is 4.96. The molecule has 0 aromatic carbocycles. The molecule has 3 nitrogen and oxygen atoms in total. The van der Waals surface area contributed by atoms with Gasteiger partial charge in [0.25, 0.3) is 0 Å². The number of allylic oxidation sites excluding steroid dienone is 1. The molecule has 0 bridgehead atoms. The summed E-state index contributed by atoms with van der Waals surface area (Å²) in [4.78, 5) is 6.89. The molecule has 1 aliphatic carbocycles. The molecule has 1 rings (SSSR count). The highest BCUT2D eigenvalue weighted by Crippen LogP contribution is 2.28. The van der Waals surface area contributed by atoms with Gasteiger partial charge in [0.2, 0.25) is 0 Å². The molecule has 0 N–H and O–H groups in total. The Morgan fingerprint density at radius 2 is 1.67 bits per heavy atom. The summed E-state index contributed by atoms with van der Waals surface area (Å²) in [6.07, 6.45) is 14.2. The molecule has 1 saturated carbocycles. The fourth-order valence-corrected chi connectivity index (χ4v) is 3.39. The summed E-state index contributed by atoms with van der Waals surface area (Å²) in [6.45, 7) is 2.17.